The summed E-state index contributed by atoms with van der Waals surface area (Å²) in [5.74, 6) is -0.847. The van der Waals surface area contributed by atoms with E-state index in [-0.39, 0.29) is 6.42 Å². The van der Waals surface area contributed by atoms with E-state index in [0.717, 1.165) is 45.4 Å². The van der Waals surface area contributed by atoms with Crippen molar-refractivity contribution in [3.05, 3.63) is 64.3 Å². The van der Waals surface area contributed by atoms with Gasteiger partial charge in [-0.05, 0) is 67.5 Å². The molecule has 4 nitrogen and oxygen atoms in total. The third-order valence-electron chi connectivity index (χ3n) is 4.32. The van der Waals surface area contributed by atoms with Crippen LogP contribution in [0.5, 0.6) is 0 Å². The van der Waals surface area contributed by atoms with Gasteiger partial charge >= 0.3 is 5.97 Å². The highest BCUT2D eigenvalue weighted by atomic mass is 35.5. The van der Waals surface area contributed by atoms with Crippen LogP contribution in [0.25, 0.3) is 22.0 Å². The molecule has 3 rings (SSSR count). The van der Waals surface area contributed by atoms with Crippen LogP contribution >= 0.6 is 11.6 Å². The van der Waals surface area contributed by atoms with Crippen LogP contribution in [-0.4, -0.2) is 35.1 Å². The number of aromatic nitrogens is 1. The van der Waals surface area contributed by atoms with Crippen molar-refractivity contribution in [3.8, 4) is 11.1 Å². The predicted molar refractivity (Wildman–Crippen MR) is 106 cm³/mol. The van der Waals surface area contributed by atoms with E-state index >= 15 is 0 Å². The molecule has 2 aromatic carbocycles. The number of benzene rings is 2. The minimum absolute atomic E-state index is 0.0286. The van der Waals surface area contributed by atoms with E-state index in [0.29, 0.717) is 5.02 Å². The van der Waals surface area contributed by atoms with Gasteiger partial charge in [-0.2, -0.15) is 0 Å². The smallest absolute Gasteiger partial charge is 0.307 e. The standard InChI is InChI=1S/C21H21ClN2O2/c1-13-10-19-17(9-8-16(23-19)12-24(2)3)21(18(13)11-20(25)26)14-4-6-15(22)7-5-14/h4-10H,11-12H2,1-3H3,(H,25,26). The maximum Gasteiger partial charge on any atom is 0.307 e. The number of fused-ring (bicyclic) bond motifs is 1. The molecule has 0 radical (unpaired) electrons. The molecular weight excluding hydrogens is 348 g/mol. The van der Waals surface area contributed by atoms with Crippen molar-refractivity contribution in [2.45, 2.75) is 19.9 Å². The summed E-state index contributed by atoms with van der Waals surface area (Å²) in [6.45, 7) is 2.69. The number of hydrogen-bond acceptors (Lipinski definition) is 3. The molecule has 0 spiro atoms. The van der Waals surface area contributed by atoms with Crippen molar-refractivity contribution < 1.29 is 9.90 Å². The van der Waals surface area contributed by atoms with E-state index in [1.807, 2.05) is 63.5 Å². The molecule has 0 aliphatic carbocycles. The first kappa shape index (κ1) is 18.4. The van der Waals surface area contributed by atoms with Crippen molar-refractivity contribution in [2.24, 2.45) is 0 Å². The van der Waals surface area contributed by atoms with Crippen molar-refractivity contribution in [3.63, 3.8) is 0 Å². The Labute approximate surface area is 158 Å². The predicted octanol–water partition coefficient (Wildman–Crippen LogP) is 4.55. The zero-order valence-corrected chi connectivity index (χ0v) is 15.8. The summed E-state index contributed by atoms with van der Waals surface area (Å²) in [6, 6.07) is 13.5. The van der Waals surface area contributed by atoms with Crippen LogP contribution < -0.4 is 0 Å². The Morgan fingerprint density at radius 2 is 1.85 bits per heavy atom. The van der Waals surface area contributed by atoms with Gasteiger partial charge in [0.1, 0.15) is 0 Å². The Balaban J connectivity index is 2.28. The van der Waals surface area contributed by atoms with Crippen LogP contribution in [0.1, 0.15) is 16.8 Å². The van der Waals surface area contributed by atoms with E-state index in [4.69, 9.17) is 16.6 Å². The first-order valence-electron chi connectivity index (χ1n) is 8.39. The number of carboxylic acids is 1. The molecule has 0 unspecified atom stereocenters. The van der Waals surface area contributed by atoms with E-state index < -0.39 is 5.97 Å². The lowest BCUT2D eigenvalue weighted by Crippen LogP contribution is -2.12. The van der Waals surface area contributed by atoms with Crippen LogP contribution in [0.4, 0.5) is 0 Å². The van der Waals surface area contributed by atoms with Gasteiger partial charge in [-0.1, -0.05) is 29.8 Å². The molecular formula is C21H21ClN2O2. The Kier molecular flexibility index (Phi) is 5.25. The molecule has 0 aliphatic rings. The summed E-state index contributed by atoms with van der Waals surface area (Å²) in [7, 11) is 4.01. The molecule has 5 heteroatoms. The number of pyridine rings is 1. The highest BCUT2D eigenvalue weighted by Gasteiger charge is 2.17. The second kappa shape index (κ2) is 7.44. The normalized spacial score (nSPS) is 11.3. The number of rotatable bonds is 5. The molecule has 1 N–H and O–H groups in total. The second-order valence-electron chi connectivity index (χ2n) is 6.73. The minimum Gasteiger partial charge on any atom is -0.481 e. The molecule has 0 amide bonds. The number of aryl methyl sites for hydroxylation is 1. The van der Waals surface area contributed by atoms with Gasteiger partial charge in [-0.25, -0.2) is 0 Å². The Hall–Kier alpha value is -2.43. The van der Waals surface area contributed by atoms with Gasteiger partial charge in [0.15, 0.2) is 0 Å². The van der Waals surface area contributed by atoms with Gasteiger partial charge in [0.05, 0.1) is 17.6 Å². The lowest BCUT2D eigenvalue weighted by atomic mass is 9.90. The van der Waals surface area contributed by atoms with Crippen molar-refractivity contribution in [2.75, 3.05) is 14.1 Å². The SMILES string of the molecule is Cc1cc2nc(CN(C)C)ccc2c(-c2ccc(Cl)cc2)c1CC(=O)O. The lowest BCUT2D eigenvalue weighted by molar-refractivity contribution is -0.136. The summed E-state index contributed by atoms with van der Waals surface area (Å²) in [5, 5.41) is 11.0. The fourth-order valence-electron chi connectivity index (χ4n) is 3.23. The van der Waals surface area contributed by atoms with E-state index in [9.17, 15) is 9.90 Å². The summed E-state index contributed by atoms with van der Waals surface area (Å²) >= 11 is 6.03. The Morgan fingerprint density at radius 3 is 2.46 bits per heavy atom. The van der Waals surface area contributed by atoms with Gasteiger partial charge in [-0.3, -0.25) is 9.78 Å². The Bertz CT molecular complexity index is 966. The van der Waals surface area contributed by atoms with Gasteiger partial charge in [0, 0.05) is 17.0 Å². The van der Waals surface area contributed by atoms with Gasteiger partial charge < -0.3 is 10.0 Å². The van der Waals surface area contributed by atoms with Crippen LogP contribution in [0.2, 0.25) is 5.02 Å². The average molecular weight is 369 g/mol. The summed E-state index contributed by atoms with van der Waals surface area (Å²) in [4.78, 5) is 18.3. The first-order valence-corrected chi connectivity index (χ1v) is 8.77. The van der Waals surface area contributed by atoms with Crippen LogP contribution in [0, 0.1) is 6.92 Å². The molecule has 0 saturated heterocycles. The third-order valence-corrected chi connectivity index (χ3v) is 4.57. The van der Waals surface area contributed by atoms with Crippen molar-refractivity contribution in [1.82, 2.24) is 9.88 Å². The van der Waals surface area contributed by atoms with Crippen LogP contribution in [0.3, 0.4) is 0 Å². The zero-order valence-electron chi connectivity index (χ0n) is 15.1. The van der Waals surface area contributed by atoms with Gasteiger partial charge in [0.2, 0.25) is 0 Å². The topological polar surface area (TPSA) is 53.4 Å². The molecule has 0 aliphatic heterocycles. The summed E-state index contributed by atoms with van der Waals surface area (Å²) in [6.07, 6.45) is -0.0286. The fourth-order valence-corrected chi connectivity index (χ4v) is 3.35. The second-order valence-corrected chi connectivity index (χ2v) is 7.17. The monoisotopic (exact) mass is 368 g/mol. The zero-order chi connectivity index (χ0) is 18.8. The number of halogens is 1. The Morgan fingerprint density at radius 1 is 1.15 bits per heavy atom. The van der Waals surface area contributed by atoms with Crippen molar-refractivity contribution >= 4 is 28.5 Å². The fraction of sp³-hybridized carbons (Fsp3) is 0.238. The molecule has 0 fully saturated rings. The molecule has 0 bridgehead atoms. The van der Waals surface area contributed by atoms with Gasteiger partial charge in [-0.15, -0.1) is 0 Å². The van der Waals surface area contributed by atoms with Gasteiger partial charge in [0.25, 0.3) is 0 Å². The highest BCUT2D eigenvalue weighted by Crippen LogP contribution is 2.35. The number of carbonyl (C=O) groups is 1. The maximum absolute atomic E-state index is 11.4. The molecule has 0 saturated carbocycles. The van der Waals surface area contributed by atoms with E-state index in [1.54, 1.807) is 0 Å². The quantitative estimate of drug-likeness (QED) is 0.717. The molecule has 1 heterocycles. The minimum atomic E-state index is -0.847. The molecule has 134 valence electrons. The molecule has 26 heavy (non-hydrogen) atoms. The third kappa shape index (κ3) is 3.87. The largest absolute Gasteiger partial charge is 0.481 e. The molecule has 0 atom stereocenters. The average Bonchev–Trinajstić information content (AvgIpc) is 2.56. The van der Waals surface area contributed by atoms with Crippen LogP contribution in [-0.2, 0) is 17.8 Å². The number of hydrogen-bond donors (Lipinski definition) is 1. The summed E-state index contributed by atoms with van der Waals surface area (Å²) < 4.78 is 0. The molecule has 3 aromatic rings. The van der Waals surface area contributed by atoms with E-state index in [1.165, 1.54) is 0 Å². The highest BCUT2D eigenvalue weighted by molar-refractivity contribution is 6.30. The number of nitrogens with zero attached hydrogens (tertiary/aromatic N) is 2. The number of aliphatic carboxylic acids is 1. The first-order chi connectivity index (χ1) is 12.3. The lowest BCUT2D eigenvalue weighted by Gasteiger charge is -2.17. The van der Waals surface area contributed by atoms with Crippen molar-refractivity contribution in [1.29, 1.82) is 0 Å². The maximum atomic E-state index is 11.4. The van der Waals surface area contributed by atoms with Crippen LogP contribution in [0.15, 0.2) is 42.5 Å². The summed E-state index contributed by atoms with van der Waals surface area (Å²) in [5.41, 5.74) is 5.47. The molecule has 1 aromatic heterocycles. The van der Waals surface area contributed by atoms with E-state index in [2.05, 4.69) is 4.90 Å². The number of carboxylic acid groups (broad SMARTS) is 1.